The Morgan fingerprint density at radius 2 is 2.05 bits per heavy atom. The van der Waals surface area contributed by atoms with Crippen molar-refractivity contribution in [1.29, 1.82) is 0 Å². The fourth-order valence-corrected chi connectivity index (χ4v) is 1.85. The van der Waals surface area contributed by atoms with Crippen molar-refractivity contribution in [3.05, 3.63) is 59.0 Å². The normalized spacial score (nSPS) is 11.1. The lowest BCUT2D eigenvalue weighted by molar-refractivity contribution is 0.624. The lowest BCUT2D eigenvalue weighted by Gasteiger charge is -2.10. The summed E-state index contributed by atoms with van der Waals surface area (Å²) in [6.07, 6.45) is 6.52. The molecule has 0 aliphatic carbocycles. The molecule has 1 atom stereocenters. The van der Waals surface area contributed by atoms with Crippen molar-refractivity contribution >= 4 is 11.6 Å². The van der Waals surface area contributed by atoms with Gasteiger partial charge in [0.1, 0.15) is 0 Å². The third kappa shape index (κ3) is 5.85. The molecule has 0 amide bonds. The second-order valence-electron chi connectivity index (χ2n) is 4.51. The van der Waals surface area contributed by atoms with Crippen LogP contribution in [-0.4, -0.2) is 14.9 Å². The van der Waals surface area contributed by atoms with E-state index in [0.717, 1.165) is 9.81 Å². The van der Waals surface area contributed by atoms with Gasteiger partial charge in [0.2, 0.25) is 0 Å². The zero-order chi connectivity index (χ0) is 14.8. The summed E-state index contributed by atoms with van der Waals surface area (Å²) < 4.78 is 0. The second kappa shape index (κ2) is 9.11. The maximum Gasteiger partial charge on any atom is 0.259 e. The standard InChI is InChI=1S/C12H17Cl.C3H2N4/c1-3-4-5-10(2)11-6-8-12(13)9-7-11;1-4-7-3-5-2-6-7/h6-10H,3-5H2,1-2H3;2-3H. The van der Waals surface area contributed by atoms with Crippen LogP contribution < -0.4 is 0 Å². The predicted octanol–water partition coefficient (Wildman–Crippen LogP) is 4.59. The monoisotopic (exact) mass is 290 g/mol. The molecular weight excluding hydrogens is 272 g/mol. The molecule has 1 heterocycles. The smallest absolute Gasteiger partial charge is 0.259 e. The number of halogens is 1. The predicted molar refractivity (Wildman–Crippen MR) is 81.4 cm³/mol. The van der Waals surface area contributed by atoms with Crippen LogP contribution in [0.25, 0.3) is 4.95 Å². The summed E-state index contributed by atoms with van der Waals surface area (Å²) in [6, 6.07) is 8.20. The highest BCUT2D eigenvalue weighted by Crippen LogP contribution is 2.22. The summed E-state index contributed by atoms with van der Waals surface area (Å²) in [5, 5.41) is 4.31. The fourth-order valence-electron chi connectivity index (χ4n) is 1.72. The minimum absolute atomic E-state index is 0.664. The summed E-state index contributed by atoms with van der Waals surface area (Å²) in [4.78, 5) is 7.51. The Balaban J connectivity index is 0.000000240. The Hall–Kier alpha value is -1.86. The van der Waals surface area contributed by atoms with Gasteiger partial charge in [-0.1, -0.05) is 50.4 Å². The number of unbranched alkanes of at least 4 members (excludes halogenated alkanes) is 1. The molecular formula is C15H19ClN4. The van der Waals surface area contributed by atoms with Gasteiger partial charge in [-0.3, -0.25) is 0 Å². The molecule has 1 aromatic heterocycles. The largest absolute Gasteiger partial charge is 0.349 e. The van der Waals surface area contributed by atoms with Crippen molar-refractivity contribution in [2.75, 3.05) is 0 Å². The van der Waals surface area contributed by atoms with E-state index >= 15 is 0 Å². The van der Waals surface area contributed by atoms with Crippen LogP contribution in [0, 0.1) is 6.57 Å². The Labute approximate surface area is 125 Å². The van der Waals surface area contributed by atoms with E-state index in [1.807, 2.05) is 12.1 Å². The van der Waals surface area contributed by atoms with Crippen molar-refractivity contribution in [2.24, 2.45) is 0 Å². The third-order valence-electron chi connectivity index (χ3n) is 2.94. The number of benzene rings is 1. The minimum atomic E-state index is 0.664. The van der Waals surface area contributed by atoms with E-state index in [1.165, 1.54) is 37.5 Å². The fraction of sp³-hybridized carbons (Fsp3) is 0.400. The molecule has 0 radical (unpaired) electrons. The number of hydrogen-bond acceptors (Lipinski definition) is 2. The molecule has 2 rings (SSSR count). The number of rotatable bonds is 4. The molecule has 0 fully saturated rings. The van der Waals surface area contributed by atoms with Crippen molar-refractivity contribution in [3.63, 3.8) is 0 Å². The summed E-state index contributed by atoms with van der Waals surface area (Å²) in [7, 11) is 0. The van der Waals surface area contributed by atoms with Gasteiger partial charge in [0, 0.05) is 5.02 Å². The first-order valence-corrected chi connectivity index (χ1v) is 7.03. The van der Waals surface area contributed by atoms with Gasteiger partial charge in [-0.25, -0.2) is 0 Å². The van der Waals surface area contributed by atoms with Gasteiger partial charge in [0.05, 0.1) is 9.89 Å². The molecule has 0 saturated heterocycles. The van der Waals surface area contributed by atoms with Crippen LogP contribution in [0.5, 0.6) is 0 Å². The van der Waals surface area contributed by atoms with Crippen molar-refractivity contribution in [3.8, 4) is 0 Å². The molecule has 0 bridgehead atoms. The van der Waals surface area contributed by atoms with E-state index in [0.29, 0.717) is 5.92 Å². The van der Waals surface area contributed by atoms with Crippen LogP contribution in [0.3, 0.4) is 0 Å². The Bertz CT molecular complexity index is 514. The van der Waals surface area contributed by atoms with E-state index in [-0.39, 0.29) is 0 Å². The molecule has 4 nitrogen and oxygen atoms in total. The SMILES string of the molecule is CCCCC(C)c1ccc(Cl)cc1.[C-]#[N+]n1cncn1. The van der Waals surface area contributed by atoms with Crippen molar-refractivity contribution < 1.29 is 0 Å². The molecule has 0 saturated carbocycles. The first-order valence-electron chi connectivity index (χ1n) is 6.65. The lowest BCUT2D eigenvalue weighted by atomic mass is 9.96. The van der Waals surface area contributed by atoms with Crippen LogP contribution in [0.2, 0.25) is 5.02 Å². The van der Waals surface area contributed by atoms with E-state index in [2.05, 4.69) is 41.0 Å². The zero-order valence-corrected chi connectivity index (χ0v) is 12.6. The minimum Gasteiger partial charge on any atom is -0.349 e. The van der Waals surface area contributed by atoms with Gasteiger partial charge in [-0.05, 0) is 30.0 Å². The third-order valence-corrected chi connectivity index (χ3v) is 3.19. The maximum absolute atomic E-state index is 6.35. The number of aromatic nitrogens is 3. The topological polar surface area (TPSA) is 35.1 Å². The number of nitrogens with zero attached hydrogens (tertiary/aromatic N) is 4. The summed E-state index contributed by atoms with van der Waals surface area (Å²) >= 11 is 5.82. The van der Waals surface area contributed by atoms with Crippen LogP contribution in [0.15, 0.2) is 36.9 Å². The Morgan fingerprint density at radius 3 is 2.50 bits per heavy atom. The average Bonchev–Trinajstić information content (AvgIpc) is 2.99. The highest BCUT2D eigenvalue weighted by atomic mass is 35.5. The van der Waals surface area contributed by atoms with Crippen LogP contribution in [0.1, 0.15) is 44.6 Å². The molecule has 20 heavy (non-hydrogen) atoms. The summed E-state index contributed by atoms with van der Waals surface area (Å²) in [5.74, 6) is 0.664. The van der Waals surface area contributed by atoms with E-state index in [1.54, 1.807) is 0 Å². The van der Waals surface area contributed by atoms with Gasteiger partial charge in [-0.2, -0.15) is 4.98 Å². The molecule has 1 unspecified atom stereocenters. The van der Waals surface area contributed by atoms with Gasteiger partial charge < -0.3 is 11.5 Å². The molecule has 0 spiro atoms. The van der Waals surface area contributed by atoms with E-state index in [4.69, 9.17) is 18.2 Å². The van der Waals surface area contributed by atoms with Gasteiger partial charge in [0.15, 0.2) is 6.33 Å². The van der Waals surface area contributed by atoms with Crippen molar-refractivity contribution in [2.45, 2.75) is 39.0 Å². The summed E-state index contributed by atoms with van der Waals surface area (Å²) in [6.45, 7) is 10.9. The molecule has 1 aromatic carbocycles. The summed E-state index contributed by atoms with van der Waals surface area (Å²) in [5.41, 5.74) is 1.40. The number of hydrogen-bond donors (Lipinski definition) is 0. The molecule has 5 heteroatoms. The second-order valence-corrected chi connectivity index (χ2v) is 4.95. The van der Waals surface area contributed by atoms with Crippen LogP contribution >= 0.6 is 11.6 Å². The van der Waals surface area contributed by atoms with Gasteiger partial charge in [-0.15, -0.1) is 0 Å². The Kier molecular flexibility index (Phi) is 7.38. The van der Waals surface area contributed by atoms with E-state index < -0.39 is 0 Å². The highest BCUT2D eigenvalue weighted by molar-refractivity contribution is 6.30. The molecule has 106 valence electrons. The first kappa shape index (κ1) is 16.2. The van der Waals surface area contributed by atoms with E-state index in [9.17, 15) is 0 Å². The average molecular weight is 291 g/mol. The molecule has 0 N–H and O–H groups in total. The van der Waals surface area contributed by atoms with Crippen LogP contribution in [0.4, 0.5) is 0 Å². The van der Waals surface area contributed by atoms with Gasteiger partial charge >= 0.3 is 0 Å². The van der Waals surface area contributed by atoms with Crippen LogP contribution in [-0.2, 0) is 0 Å². The van der Waals surface area contributed by atoms with Gasteiger partial charge in [0.25, 0.3) is 6.33 Å². The Morgan fingerprint density at radius 1 is 1.35 bits per heavy atom. The first-order chi connectivity index (χ1) is 9.67. The molecule has 0 aliphatic rings. The lowest BCUT2D eigenvalue weighted by Crippen LogP contribution is -1.92. The van der Waals surface area contributed by atoms with Crippen molar-refractivity contribution in [1.82, 2.24) is 14.9 Å². The quantitative estimate of drug-likeness (QED) is 0.772. The molecule has 0 aliphatic heterocycles. The highest BCUT2D eigenvalue weighted by Gasteiger charge is 2.03. The maximum atomic E-state index is 6.35. The zero-order valence-electron chi connectivity index (χ0n) is 11.8. The molecule has 2 aromatic rings.